The van der Waals surface area contributed by atoms with Crippen LogP contribution in [0.3, 0.4) is 0 Å². The number of anilines is 1. The number of aryl methyl sites for hydroxylation is 1. The number of nitrogens with one attached hydrogen (secondary N) is 2. The predicted octanol–water partition coefficient (Wildman–Crippen LogP) is 1.98. The highest BCUT2D eigenvalue weighted by atomic mass is 35.5. The molecule has 1 aromatic heterocycles. The second-order valence-corrected chi connectivity index (χ2v) is 4.54. The lowest BCUT2D eigenvalue weighted by atomic mass is 10.1. The van der Waals surface area contributed by atoms with Gasteiger partial charge in [0.15, 0.2) is 5.15 Å². The van der Waals surface area contributed by atoms with Crippen LogP contribution in [-0.2, 0) is 4.79 Å². The van der Waals surface area contributed by atoms with E-state index < -0.39 is 5.54 Å². The molecule has 1 heterocycles. The molecule has 0 unspecified atom stereocenters. The summed E-state index contributed by atoms with van der Waals surface area (Å²) in [4.78, 5) is 15.8. The van der Waals surface area contributed by atoms with Gasteiger partial charge in [-0.05, 0) is 39.4 Å². The van der Waals surface area contributed by atoms with Crippen LogP contribution < -0.4 is 10.6 Å². The number of pyridine rings is 1. The number of carbonyl (C=O) groups excluding carboxylic acids is 1. The van der Waals surface area contributed by atoms with Crippen molar-refractivity contribution >= 4 is 23.2 Å². The van der Waals surface area contributed by atoms with Crippen molar-refractivity contribution in [1.29, 1.82) is 0 Å². The Labute approximate surface area is 100 Å². The molecule has 1 aromatic rings. The predicted molar refractivity (Wildman–Crippen MR) is 65.8 cm³/mol. The van der Waals surface area contributed by atoms with E-state index >= 15 is 0 Å². The highest BCUT2D eigenvalue weighted by Gasteiger charge is 2.25. The van der Waals surface area contributed by atoms with Crippen molar-refractivity contribution in [3.05, 3.63) is 23.0 Å². The number of nitrogens with zero attached hydrogens (tertiary/aromatic N) is 1. The van der Waals surface area contributed by atoms with E-state index in [0.717, 1.165) is 5.56 Å². The van der Waals surface area contributed by atoms with Crippen LogP contribution in [0.2, 0.25) is 5.15 Å². The van der Waals surface area contributed by atoms with E-state index in [1.165, 1.54) is 0 Å². The Hall–Kier alpha value is -1.13. The lowest BCUT2D eigenvalue weighted by Crippen LogP contribution is -2.47. The highest BCUT2D eigenvalue weighted by molar-refractivity contribution is 6.32. The Morgan fingerprint density at radius 2 is 2.12 bits per heavy atom. The van der Waals surface area contributed by atoms with Gasteiger partial charge in [-0.3, -0.25) is 4.79 Å². The van der Waals surface area contributed by atoms with Gasteiger partial charge in [0.25, 0.3) is 0 Å². The van der Waals surface area contributed by atoms with Crippen LogP contribution in [0.5, 0.6) is 0 Å². The third-order valence-corrected chi connectivity index (χ3v) is 2.72. The van der Waals surface area contributed by atoms with Crippen molar-refractivity contribution < 1.29 is 4.79 Å². The van der Waals surface area contributed by atoms with Crippen molar-refractivity contribution in [2.45, 2.75) is 26.3 Å². The third-order valence-electron chi connectivity index (χ3n) is 2.42. The van der Waals surface area contributed by atoms with Gasteiger partial charge in [-0.2, -0.15) is 0 Å². The summed E-state index contributed by atoms with van der Waals surface area (Å²) in [5, 5.41) is 5.96. The van der Waals surface area contributed by atoms with E-state index in [4.69, 9.17) is 11.6 Å². The van der Waals surface area contributed by atoms with Crippen LogP contribution in [0.25, 0.3) is 0 Å². The number of aromatic nitrogens is 1. The Morgan fingerprint density at radius 1 is 1.50 bits per heavy atom. The molecule has 0 fully saturated rings. The molecule has 0 aromatic carbocycles. The molecule has 0 aliphatic heterocycles. The zero-order valence-corrected chi connectivity index (χ0v) is 10.6. The fourth-order valence-corrected chi connectivity index (χ4v) is 1.18. The standard InChI is InChI=1S/C11H16ClN3O/c1-7-5-8(9(12)14-6-7)15-10(16)11(2,3)13-4/h5-6,13H,1-4H3,(H,15,16). The molecule has 0 aliphatic carbocycles. The minimum atomic E-state index is -0.646. The van der Waals surface area contributed by atoms with Gasteiger partial charge < -0.3 is 10.6 Å². The Bertz CT molecular complexity index is 404. The minimum absolute atomic E-state index is 0.149. The SMILES string of the molecule is CNC(C)(C)C(=O)Nc1cc(C)cnc1Cl. The fourth-order valence-electron chi connectivity index (χ4n) is 1.03. The molecule has 1 rings (SSSR count). The molecule has 5 heteroatoms. The maximum absolute atomic E-state index is 11.9. The van der Waals surface area contributed by atoms with Crippen molar-refractivity contribution in [2.75, 3.05) is 12.4 Å². The second-order valence-electron chi connectivity index (χ2n) is 4.18. The number of carbonyl (C=O) groups is 1. The summed E-state index contributed by atoms with van der Waals surface area (Å²) >= 11 is 5.89. The van der Waals surface area contributed by atoms with E-state index in [1.807, 2.05) is 6.92 Å². The Kier molecular flexibility index (Phi) is 3.88. The van der Waals surface area contributed by atoms with Gasteiger partial charge in [-0.25, -0.2) is 4.98 Å². The first kappa shape index (κ1) is 12.9. The average molecular weight is 242 g/mol. The van der Waals surface area contributed by atoms with E-state index in [2.05, 4.69) is 15.6 Å². The summed E-state index contributed by atoms with van der Waals surface area (Å²) < 4.78 is 0. The molecule has 0 bridgehead atoms. The third kappa shape index (κ3) is 2.93. The monoisotopic (exact) mass is 241 g/mol. The van der Waals surface area contributed by atoms with Crippen LogP contribution in [0.4, 0.5) is 5.69 Å². The Morgan fingerprint density at radius 3 is 2.69 bits per heavy atom. The number of halogens is 1. The number of hydrogen-bond acceptors (Lipinski definition) is 3. The van der Waals surface area contributed by atoms with E-state index in [9.17, 15) is 4.79 Å². The first-order chi connectivity index (χ1) is 7.36. The molecule has 0 atom stereocenters. The highest BCUT2D eigenvalue weighted by Crippen LogP contribution is 2.20. The molecule has 0 radical (unpaired) electrons. The quantitative estimate of drug-likeness (QED) is 0.796. The number of hydrogen-bond donors (Lipinski definition) is 2. The summed E-state index contributed by atoms with van der Waals surface area (Å²) in [5.74, 6) is -0.149. The first-order valence-electron chi connectivity index (χ1n) is 4.99. The molecule has 0 saturated carbocycles. The van der Waals surface area contributed by atoms with Crippen molar-refractivity contribution in [3.8, 4) is 0 Å². The van der Waals surface area contributed by atoms with E-state index in [1.54, 1.807) is 33.2 Å². The normalized spacial score (nSPS) is 11.3. The largest absolute Gasteiger partial charge is 0.322 e. The van der Waals surface area contributed by atoms with Crippen LogP contribution in [0.1, 0.15) is 19.4 Å². The number of amides is 1. The van der Waals surface area contributed by atoms with Gasteiger partial charge >= 0.3 is 0 Å². The molecule has 0 spiro atoms. The Balaban J connectivity index is 2.89. The molecule has 2 N–H and O–H groups in total. The van der Waals surface area contributed by atoms with Gasteiger partial charge in [0.05, 0.1) is 11.2 Å². The summed E-state index contributed by atoms with van der Waals surface area (Å²) in [7, 11) is 1.73. The van der Waals surface area contributed by atoms with Crippen LogP contribution in [0, 0.1) is 6.92 Å². The summed E-state index contributed by atoms with van der Waals surface area (Å²) in [5.41, 5.74) is 0.838. The summed E-state index contributed by atoms with van der Waals surface area (Å²) in [6, 6.07) is 1.79. The van der Waals surface area contributed by atoms with Gasteiger partial charge in [0.1, 0.15) is 0 Å². The van der Waals surface area contributed by atoms with E-state index in [0.29, 0.717) is 10.8 Å². The summed E-state index contributed by atoms with van der Waals surface area (Å²) in [6.45, 7) is 5.47. The smallest absolute Gasteiger partial charge is 0.244 e. The van der Waals surface area contributed by atoms with Crippen molar-refractivity contribution in [2.24, 2.45) is 0 Å². The lowest BCUT2D eigenvalue weighted by Gasteiger charge is -2.22. The average Bonchev–Trinajstić information content (AvgIpc) is 2.23. The lowest BCUT2D eigenvalue weighted by molar-refractivity contribution is -0.121. The molecular weight excluding hydrogens is 226 g/mol. The van der Waals surface area contributed by atoms with Crippen molar-refractivity contribution in [1.82, 2.24) is 10.3 Å². The van der Waals surface area contributed by atoms with Gasteiger partial charge in [-0.1, -0.05) is 11.6 Å². The second kappa shape index (κ2) is 4.80. The van der Waals surface area contributed by atoms with Gasteiger partial charge in [-0.15, -0.1) is 0 Å². The van der Waals surface area contributed by atoms with Crippen LogP contribution in [0.15, 0.2) is 12.3 Å². The molecule has 0 saturated heterocycles. The van der Waals surface area contributed by atoms with Crippen LogP contribution >= 0.6 is 11.6 Å². The van der Waals surface area contributed by atoms with Gasteiger partial charge in [0, 0.05) is 6.20 Å². The molecule has 4 nitrogen and oxygen atoms in total. The molecular formula is C11H16ClN3O. The maximum Gasteiger partial charge on any atom is 0.244 e. The zero-order chi connectivity index (χ0) is 12.3. The zero-order valence-electron chi connectivity index (χ0n) is 9.89. The summed E-state index contributed by atoms with van der Waals surface area (Å²) in [6.07, 6.45) is 1.65. The van der Waals surface area contributed by atoms with Crippen molar-refractivity contribution in [3.63, 3.8) is 0 Å². The first-order valence-corrected chi connectivity index (χ1v) is 5.37. The fraction of sp³-hybridized carbons (Fsp3) is 0.455. The minimum Gasteiger partial charge on any atom is -0.322 e. The maximum atomic E-state index is 11.9. The molecule has 1 amide bonds. The number of likely N-dealkylation sites (N-methyl/N-ethyl adjacent to an activating group) is 1. The number of rotatable bonds is 3. The van der Waals surface area contributed by atoms with Gasteiger partial charge in [0.2, 0.25) is 5.91 Å². The van der Waals surface area contributed by atoms with Crippen LogP contribution in [-0.4, -0.2) is 23.5 Å². The molecule has 16 heavy (non-hydrogen) atoms. The molecule has 0 aliphatic rings. The molecule has 88 valence electrons. The van der Waals surface area contributed by atoms with E-state index in [-0.39, 0.29) is 5.91 Å². The topological polar surface area (TPSA) is 54.0 Å².